The van der Waals surface area contributed by atoms with Gasteiger partial charge < -0.3 is 4.57 Å². The van der Waals surface area contributed by atoms with Crippen LogP contribution in [0.1, 0.15) is 34.4 Å². The molecule has 0 aliphatic carbocycles. The highest BCUT2D eigenvalue weighted by atomic mass is 19.4. The molecule has 5 heterocycles. The number of nitrogens with zero attached hydrogens (tertiary/aromatic N) is 10. The lowest BCUT2D eigenvalue weighted by Crippen LogP contribution is -2.07. The molecular weight excluding hydrogens is 762 g/mol. The third-order valence-corrected chi connectivity index (χ3v) is 10.6. The molecule has 0 spiro atoms. The second-order valence-corrected chi connectivity index (χ2v) is 14.6. The van der Waals surface area contributed by atoms with Gasteiger partial charge in [-0.1, -0.05) is 60.7 Å². The smallest absolute Gasteiger partial charge is 0.307 e. The van der Waals surface area contributed by atoms with Gasteiger partial charge in [-0.15, -0.1) is 0 Å². The molecule has 0 fully saturated rings. The number of hydrogen-bond acceptors (Lipinski definition) is 8. The highest BCUT2D eigenvalue weighted by Crippen LogP contribution is 2.41. The van der Waals surface area contributed by atoms with Gasteiger partial charge in [0.25, 0.3) is 0 Å². The first-order valence-electron chi connectivity index (χ1n) is 19.0. The number of benzene rings is 5. The van der Waals surface area contributed by atoms with E-state index in [0.29, 0.717) is 52.0 Å². The molecule has 10 rings (SSSR count). The largest absolute Gasteiger partial charge is 0.416 e. The van der Waals surface area contributed by atoms with Crippen LogP contribution in [0.15, 0.2) is 115 Å². The minimum Gasteiger partial charge on any atom is -0.307 e. The van der Waals surface area contributed by atoms with E-state index in [1.807, 2.05) is 128 Å². The van der Waals surface area contributed by atoms with Gasteiger partial charge in [0.2, 0.25) is 0 Å². The topological polar surface area (TPSA) is 124 Å². The number of fused-ring (bicyclic) bond motifs is 6. The summed E-state index contributed by atoms with van der Waals surface area (Å²) in [7, 11) is 0. The molecule has 0 saturated heterocycles. The van der Waals surface area contributed by atoms with Crippen LogP contribution in [-0.4, -0.2) is 44.0 Å². The Morgan fingerprint density at radius 1 is 0.517 bits per heavy atom. The summed E-state index contributed by atoms with van der Waals surface area (Å²) in [6, 6.07) is 34.9. The lowest BCUT2D eigenvalue weighted by atomic mass is 9.98. The van der Waals surface area contributed by atoms with Gasteiger partial charge in [0, 0.05) is 38.2 Å². The van der Waals surface area contributed by atoms with Gasteiger partial charge in [0.15, 0.2) is 11.6 Å². The summed E-state index contributed by atoms with van der Waals surface area (Å²) in [5, 5.41) is 13.8. The summed E-state index contributed by atoms with van der Waals surface area (Å²) in [6.45, 7) is 7.26. The van der Waals surface area contributed by atoms with E-state index in [-0.39, 0.29) is 11.1 Å². The number of halogens is 3. The van der Waals surface area contributed by atoms with Gasteiger partial charge >= 0.3 is 6.18 Å². The normalized spacial score (nSPS) is 11.9. The summed E-state index contributed by atoms with van der Waals surface area (Å²) >= 11 is 0. The molecule has 5 aromatic heterocycles. The molecule has 0 radical (unpaired) electrons. The number of alkyl halides is 3. The van der Waals surface area contributed by atoms with Crippen molar-refractivity contribution in [1.82, 2.24) is 44.0 Å². The van der Waals surface area contributed by atoms with Gasteiger partial charge in [-0.3, -0.25) is 4.57 Å². The number of para-hydroxylation sites is 2. The number of pyridine rings is 1. The molecule has 0 saturated carbocycles. The Morgan fingerprint density at radius 2 is 1.02 bits per heavy atom. The Bertz CT molecular complexity index is 3410. The first kappa shape index (κ1) is 36.5. The van der Waals surface area contributed by atoms with Gasteiger partial charge in [-0.05, 0) is 81.8 Å². The zero-order chi connectivity index (χ0) is 41.4. The highest BCUT2D eigenvalue weighted by Gasteiger charge is 2.32. The molecule has 0 amide bonds. The molecule has 5 aromatic carbocycles. The second kappa shape index (κ2) is 13.6. The maximum absolute atomic E-state index is 14.6. The standard InChI is InChI=1S/C47H31F3N10/c1-25-53-26(2)56-45(55-25)30-13-15-36-34-9-5-7-11-39(34)59(41(36)20-30)43-24-52-44(22-38(43)32-17-29(23-51)18-33(19-32)47(48,49)50)60-40-12-8-6-10-35(40)37-16-14-31(21-42(37)60)46-57-27(3)54-28(4)58-46/h5-22,24H,1-4H3. The fourth-order valence-corrected chi connectivity index (χ4v) is 8.20. The summed E-state index contributed by atoms with van der Waals surface area (Å²) in [5.41, 5.74) is 4.76. The Balaban J connectivity index is 1.29. The lowest BCUT2D eigenvalue weighted by molar-refractivity contribution is -0.137. The van der Waals surface area contributed by atoms with Crippen molar-refractivity contribution in [2.75, 3.05) is 0 Å². The van der Waals surface area contributed by atoms with E-state index in [9.17, 15) is 18.4 Å². The molecular formula is C47H31F3N10. The zero-order valence-corrected chi connectivity index (χ0v) is 32.6. The maximum atomic E-state index is 14.6. The third kappa shape index (κ3) is 6.08. The fraction of sp³-hybridized carbons (Fsp3) is 0.106. The number of aromatic nitrogens is 9. The molecule has 0 N–H and O–H groups in total. The first-order valence-corrected chi connectivity index (χ1v) is 19.0. The summed E-state index contributed by atoms with van der Waals surface area (Å²) in [5.74, 6) is 3.80. The minimum absolute atomic E-state index is 0.126. The highest BCUT2D eigenvalue weighted by molar-refractivity contribution is 6.11. The van der Waals surface area contributed by atoms with Crippen LogP contribution in [0, 0.1) is 39.0 Å². The fourth-order valence-electron chi connectivity index (χ4n) is 8.20. The molecule has 13 heteroatoms. The van der Waals surface area contributed by atoms with Gasteiger partial charge in [-0.25, -0.2) is 34.9 Å². The van der Waals surface area contributed by atoms with Crippen molar-refractivity contribution >= 4 is 43.6 Å². The van der Waals surface area contributed by atoms with Crippen LogP contribution >= 0.6 is 0 Å². The van der Waals surface area contributed by atoms with Crippen LogP contribution in [0.25, 0.3) is 89.0 Å². The Morgan fingerprint density at radius 3 is 1.55 bits per heavy atom. The molecule has 0 atom stereocenters. The molecule has 60 heavy (non-hydrogen) atoms. The quantitative estimate of drug-likeness (QED) is 0.169. The van der Waals surface area contributed by atoms with Crippen molar-refractivity contribution in [1.29, 1.82) is 5.26 Å². The average Bonchev–Trinajstić information content (AvgIpc) is 3.74. The number of nitriles is 1. The minimum atomic E-state index is -4.71. The monoisotopic (exact) mass is 792 g/mol. The van der Waals surface area contributed by atoms with Crippen molar-refractivity contribution in [3.63, 3.8) is 0 Å². The average molecular weight is 793 g/mol. The van der Waals surface area contributed by atoms with Gasteiger partial charge in [0.1, 0.15) is 29.1 Å². The number of hydrogen-bond donors (Lipinski definition) is 0. The number of aryl methyl sites for hydroxylation is 4. The number of rotatable bonds is 5. The molecule has 0 bridgehead atoms. The van der Waals surface area contributed by atoms with Crippen LogP contribution in [0.4, 0.5) is 13.2 Å². The van der Waals surface area contributed by atoms with Crippen molar-refractivity contribution in [3.05, 3.63) is 150 Å². The second-order valence-electron chi connectivity index (χ2n) is 14.6. The SMILES string of the molecule is Cc1nc(C)nc(-c2ccc3c4ccccc4n(-c4cc(-c5cc(C#N)cc(C(F)(F)F)c5)c(-n5c6ccccc6c6ccc(-c7nc(C)nc(C)n7)cc65)cn4)c3c2)n1. The van der Waals surface area contributed by atoms with E-state index in [4.69, 9.17) is 4.98 Å². The van der Waals surface area contributed by atoms with Crippen molar-refractivity contribution < 1.29 is 13.2 Å². The summed E-state index contributed by atoms with van der Waals surface area (Å²) in [4.78, 5) is 32.3. The van der Waals surface area contributed by atoms with Crippen LogP contribution in [-0.2, 0) is 6.18 Å². The predicted molar refractivity (Wildman–Crippen MR) is 225 cm³/mol. The van der Waals surface area contributed by atoms with Crippen molar-refractivity contribution in [2.24, 2.45) is 0 Å². The van der Waals surface area contributed by atoms with E-state index in [0.717, 1.165) is 66.9 Å². The van der Waals surface area contributed by atoms with Crippen LogP contribution in [0.5, 0.6) is 0 Å². The molecule has 10 aromatic rings. The van der Waals surface area contributed by atoms with E-state index in [1.165, 1.54) is 6.07 Å². The molecule has 290 valence electrons. The Hall–Kier alpha value is -7.85. The van der Waals surface area contributed by atoms with Crippen LogP contribution in [0.3, 0.4) is 0 Å². The molecule has 0 aliphatic heterocycles. The van der Waals surface area contributed by atoms with Crippen LogP contribution < -0.4 is 0 Å². The lowest BCUT2D eigenvalue weighted by Gasteiger charge is -2.18. The van der Waals surface area contributed by atoms with E-state index >= 15 is 0 Å². The van der Waals surface area contributed by atoms with Crippen LogP contribution in [0.2, 0.25) is 0 Å². The van der Waals surface area contributed by atoms with Crippen molar-refractivity contribution in [2.45, 2.75) is 33.9 Å². The summed E-state index contributed by atoms with van der Waals surface area (Å²) < 4.78 is 47.7. The Labute approximate surface area is 340 Å². The predicted octanol–water partition coefficient (Wildman–Crippen LogP) is 10.8. The van der Waals surface area contributed by atoms with Crippen molar-refractivity contribution in [3.8, 4) is 51.5 Å². The van der Waals surface area contributed by atoms with E-state index in [2.05, 4.69) is 29.9 Å². The maximum Gasteiger partial charge on any atom is 0.416 e. The summed E-state index contributed by atoms with van der Waals surface area (Å²) in [6.07, 6.45) is -3.02. The molecule has 0 unspecified atom stereocenters. The molecule has 0 aliphatic rings. The van der Waals surface area contributed by atoms with E-state index < -0.39 is 11.7 Å². The third-order valence-electron chi connectivity index (χ3n) is 10.6. The Kier molecular flexibility index (Phi) is 8.29. The van der Waals surface area contributed by atoms with Gasteiger partial charge in [0.05, 0.1) is 51.1 Å². The van der Waals surface area contributed by atoms with E-state index in [1.54, 1.807) is 12.3 Å². The van der Waals surface area contributed by atoms with Gasteiger partial charge in [-0.2, -0.15) is 18.4 Å². The molecule has 10 nitrogen and oxygen atoms in total. The zero-order valence-electron chi connectivity index (χ0n) is 32.6. The first-order chi connectivity index (χ1) is 28.9.